The maximum Gasteiger partial charge on any atom is 0.259 e. The fourth-order valence-corrected chi connectivity index (χ4v) is 6.64. The highest BCUT2D eigenvalue weighted by Gasteiger charge is 2.62. The zero-order valence-electron chi connectivity index (χ0n) is 29.2. The summed E-state index contributed by atoms with van der Waals surface area (Å²) in [7, 11) is -0.405. The van der Waals surface area contributed by atoms with Crippen LogP contribution in [0.25, 0.3) is 0 Å². The van der Waals surface area contributed by atoms with E-state index in [0.29, 0.717) is 38.6 Å². The number of likely N-dealkylation sites (tertiary alicyclic amines) is 1. The first-order valence-corrected chi connectivity index (χ1v) is 17.9. The number of carbonyl (C=O) groups excluding carboxylic acids is 5. The van der Waals surface area contributed by atoms with E-state index >= 15 is 0 Å². The second-order valence-electron chi connectivity index (χ2n) is 14.0. The van der Waals surface area contributed by atoms with E-state index in [1.807, 2.05) is 46.8 Å². The Morgan fingerprint density at radius 1 is 1.17 bits per heavy atom. The van der Waals surface area contributed by atoms with Gasteiger partial charge in [0.05, 0.1) is 10.9 Å². The summed E-state index contributed by atoms with van der Waals surface area (Å²) < 4.78 is 32.2. The average molecular weight is 682 g/mol. The van der Waals surface area contributed by atoms with Gasteiger partial charge in [0.1, 0.15) is 17.6 Å². The summed E-state index contributed by atoms with van der Waals surface area (Å²) >= 11 is 0. The van der Waals surface area contributed by atoms with Crippen molar-refractivity contribution in [2.24, 2.45) is 11.8 Å². The zero-order chi connectivity index (χ0) is 35.7. The van der Waals surface area contributed by atoms with E-state index in [0.717, 1.165) is 12.8 Å². The van der Waals surface area contributed by atoms with Crippen molar-refractivity contribution < 1.29 is 37.1 Å². The molecule has 0 aromatic rings. The smallest absolute Gasteiger partial charge is 0.259 e. The Bertz CT molecular complexity index is 1290. The van der Waals surface area contributed by atoms with Crippen LogP contribution < -0.4 is 15.4 Å². The van der Waals surface area contributed by atoms with Crippen LogP contribution in [0.2, 0.25) is 0 Å². The molecule has 3 N–H and O–H groups in total. The van der Waals surface area contributed by atoms with Crippen LogP contribution in [0.3, 0.4) is 0 Å². The van der Waals surface area contributed by atoms with Crippen LogP contribution in [-0.4, -0.2) is 103 Å². The Kier molecular flexibility index (Phi) is 14.2. The lowest BCUT2D eigenvalue weighted by Crippen LogP contribution is -2.57. The fraction of sp³-hybridized carbons (Fsp3) is 0.727. The van der Waals surface area contributed by atoms with Crippen LogP contribution in [-0.2, 0) is 38.7 Å². The molecule has 2 aliphatic carbocycles. The molecule has 0 spiro atoms. The normalized spacial score (nSPS) is 25.1. The van der Waals surface area contributed by atoms with Crippen LogP contribution in [0, 0.1) is 11.8 Å². The minimum absolute atomic E-state index is 0.0236. The number of hydrogen-bond acceptors (Lipinski definition) is 8. The minimum Gasteiger partial charge on any atom is -0.379 e. The van der Waals surface area contributed by atoms with Crippen LogP contribution >= 0.6 is 0 Å². The molecule has 0 radical (unpaired) electrons. The zero-order valence-corrected chi connectivity index (χ0v) is 30.0. The van der Waals surface area contributed by atoms with Crippen molar-refractivity contribution >= 4 is 40.1 Å². The maximum absolute atomic E-state index is 13.5. The first-order chi connectivity index (χ1) is 21.8. The summed E-state index contributed by atoms with van der Waals surface area (Å²) in [4.78, 5) is 65.4. The van der Waals surface area contributed by atoms with Gasteiger partial charge >= 0.3 is 0 Å². The lowest BCUT2D eigenvalue weighted by Gasteiger charge is -2.28. The SMILES string of the molecule is C=CC(=O)N(C)C(C)CCC/C=C\[C@@H]1C[C@]1(NC(=O)[C@@H]1C[C@@H](C)CN1C(=O)[C@H](C)NC=O)C(=O)NS(=O)(=O)C1CC1.COC(C)(C)C. The number of nitrogens with zero attached hydrogens (tertiary/aromatic N) is 2. The summed E-state index contributed by atoms with van der Waals surface area (Å²) in [5, 5.41) is 4.62. The number of carbonyl (C=O) groups is 5. The Hall–Kier alpha value is -3.26. The Balaban J connectivity index is 0.00000117. The van der Waals surface area contributed by atoms with Crippen molar-refractivity contribution in [3.63, 3.8) is 0 Å². The molecule has 1 saturated heterocycles. The van der Waals surface area contributed by atoms with Gasteiger partial charge in [-0.25, -0.2) is 8.42 Å². The molecule has 3 fully saturated rings. The van der Waals surface area contributed by atoms with Crippen molar-refractivity contribution in [1.29, 1.82) is 0 Å². The minimum atomic E-state index is -3.83. The van der Waals surface area contributed by atoms with Gasteiger partial charge in [-0.1, -0.05) is 25.7 Å². The molecule has 1 heterocycles. The highest BCUT2D eigenvalue weighted by molar-refractivity contribution is 7.91. The first-order valence-electron chi connectivity index (χ1n) is 16.3. The van der Waals surface area contributed by atoms with Gasteiger partial charge in [-0.3, -0.25) is 28.7 Å². The van der Waals surface area contributed by atoms with Gasteiger partial charge in [0.25, 0.3) is 5.91 Å². The van der Waals surface area contributed by atoms with Crippen LogP contribution in [0.4, 0.5) is 0 Å². The second kappa shape index (κ2) is 16.7. The third kappa shape index (κ3) is 11.4. The Morgan fingerprint density at radius 2 is 1.79 bits per heavy atom. The number of likely N-dealkylation sites (N-methyl/N-ethyl adjacent to an activating group) is 1. The number of methoxy groups -OCH3 is 1. The Labute approximate surface area is 280 Å². The van der Waals surface area contributed by atoms with Gasteiger partial charge < -0.3 is 25.2 Å². The van der Waals surface area contributed by atoms with E-state index in [9.17, 15) is 32.4 Å². The van der Waals surface area contributed by atoms with Crippen molar-refractivity contribution in [1.82, 2.24) is 25.2 Å². The number of allylic oxidation sites excluding steroid dienone is 1. The largest absolute Gasteiger partial charge is 0.379 e. The maximum atomic E-state index is 13.5. The predicted molar refractivity (Wildman–Crippen MR) is 179 cm³/mol. The molecule has 0 bridgehead atoms. The van der Waals surface area contributed by atoms with Crippen molar-refractivity contribution in [3.05, 3.63) is 24.8 Å². The molecule has 5 amide bonds. The van der Waals surface area contributed by atoms with Gasteiger partial charge in [0.15, 0.2) is 0 Å². The molecule has 14 heteroatoms. The third-order valence-electron chi connectivity index (χ3n) is 8.91. The first kappa shape index (κ1) is 39.9. The fourth-order valence-electron chi connectivity index (χ4n) is 5.27. The third-order valence-corrected chi connectivity index (χ3v) is 10.7. The van der Waals surface area contributed by atoms with Gasteiger partial charge in [-0.2, -0.15) is 0 Å². The average Bonchev–Trinajstić information content (AvgIpc) is 3.93. The van der Waals surface area contributed by atoms with E-state index in [1.165, 1.54) is 17.9 Å². The summed E-state index contributed by atoms with van der Waals surface area (Å²) in [6.07, 6.45) is 9.23. The highest BCUT2D eigenvalue weighted by Crippen LogP contribution is 2.46. The number of rotatable bonds is 15. The monoisotopic (exact) mass is 681 g/mol. The quantitative estimate of drug-likeness (QED) is 0.102. The molecule has 0 aromatic heterocycles. The van der Waals surface area contributed by atoms with Gasteiger partial charge in [-0.05, 0) is 91.6 Å². The molecule has 0 aromatic carbocycles. The van der Waals surface area contributed by atoms with Crippen LogP contribution in [0.1, 0.15) is 86.5 Å². The number of nitrogens with one attached hydrogen (secondary N) is 3. The molecule has 3 aliphatic rings. The molecular formula is C33H55N5O8S. The second-order valence-corrected chi connectivity index (χ2v) is 15.9. The summed E-state index contributed by atoms with van der Waals surface area (Å²) in [5.74, 6) is -2.24. The topological polar surface area (TPSA) is 171 Å². The lowest BCUT2D eigenvalue weighted by molar-refractivity contribution is -0.141. The standard InChI is InChI=1S/C28H43N5O7S.C5H12O/c1-6-24(35)32(5)19(3)10-8-7-9-11-21-15-28(21,27(38)31-41(39,40)22-12-13-22)30-25(36)23-14-18(2)16-33(23)26(37)20(4)29-17-34;1-5(2,3)6-4/h6,9,11,17-23H,1,7-8,10,12-16H2,2-5H3,(H,29,34)(H,30,36)(H,31,38);1-4H3/b11-9-;/t18-,19?,20+,21-,23+,28-;/m1./s1. The van der Waals surface area contributed by atoms with E-state index in [4.69, 9.17) is 4.74 Å². The van der Waals surface area contributed by atoms with E-state index in [2.05, 4.69) is 21.9 Å². The Morgan fingerprint density at radius 3 is 2.32 bits per heavy atom. The van der Waals surface area contributed by atoms with Gasteiger partial charge in [0, 0.05) is 32.7 Å². The number of hydrogen-bond donors (Lipinski definition) is 3. The van der Waals surface area contributed by atoms with E-state index in [1.54, 1.807) is 19.1 Å². The molecule has 3 rings (SSSR count). The lowest BCUT2D eigenvalue weighted by atomic mass is 10.1. The molecule has 266 valence electrons. The van der Waals surface area contributed by atoms with Crippen molar-refractivity contribution in [2.75, 3.05) is 20.7 Å². The molecular weight excluding hydrogens is 626 g/mol. The summed E-state index contributed by atoms with van der Waals surface area (Å²) in [6.45, 7) is 15.3. The van der Waals surface area contributed by atoms with Gasteiger partial charge in [-0.15, -0.1) is 0 Å². The molecule has 1 aliphatic heterocycles. The number of unbranched alkanes of at least 4 members (excludes halogenated alkanes) is 1. The predicted octanol–water partition coefficient (Wildman–Crippen LogP) is 2.03. The van der Waals surface area contributed by atoms with Crippen LogP contribution in [0.15, 0.2) is 24.8 Å². The van der Waals surface area contributed by atoms with Crippen molar-refractivity contribution in [3.8, 4) is 0 Å². The van der Waals surface area contributed by atoms with Gasteiger partial charge in [0.2, 0.25) is 34.2 Å². The van der Waals surface area contributed by atoms with Crippen molar-refractivity contribution in [2.45, 2.75) is 121 Å². The summed E-state index contributed by atoms with van der Waals surface area (Å²) in [5.41, 5.74) is -1.40. The van der Waals surface area contributed by atoms with Crippen LogP contribution in [0.5, 0.6) is 0 Å². The number of amides is 5. The summed E-state index contributed by atoms with van der Waals surface area (Å²) in [6, 6.07) is -1.64. The number of ether oxygens (including phenoxy) is 1. The van der Waals surface area contributed by atoms with E-state index in [-0.39, 0.29) is 29.9 Å². The molecule has 1 unspecified atom stereocenters. The molecule has 2 saturated carbocycles. The highest BCUT2D eigenvalue weighted by atomic mass is 32.2. The molecule has 6 atom stereocenters. The van der Waals surface area contributed by atoms with E-state index < -0.39 is 56.5 Å². The molecule has 13 nitrogen and oxygen atoms in total. The molecule has 47 heavy (non-hydrogen) atoms. The number of sulfonamides is 1.